The van der Waals surface area contributed by atoms with E-state index in [1.807, 2.05) is 6.08 Å². The first kappa shape index (κ1) is 50.2. The van der Waals surface area contributed by atoms with E-state index in [4.69, 9.17) is 23.8 Å². The fraction of sp³-hybridized carbons (Fsp3) is 0.810. The topological polar surface area (TPSA) is 161 Å². The summed E-state index contributed by atoms with van der Waals surface area (Å²) in [6.45, 7) is 4.57. The van der Waals surface area contributed by atoms with E-state index in [0.717, 1.165) is 44.4 Å². The lowest BCUT2D eigenvalue weighted by molar-refractivity contribution is -0.161. The molecule has 1 aliphatic rings. The van der Waals surface area contributed by atoms with Crippen molar-refractivity contribution in [3.63, 3.8) is 0 Å². The zero-order valence-corrected chi connectivity index (χ0v) is 34.7. The number of aliphatic hydroxyl groups excluding tert-OH is 2. The molecule has 54 heavy (non-hydrogen) atoms. The average molecular weight is 787 g/mol. The van der Waals surface area contributed by atoms with Gasteiger partial charge < -0.3 is 29.3 Å². The number of ether oxygens (including phenoxy) is 3. The van der Waals surface area contributed by atoms with Gasteiger partial charge in [0.05, 0.1) is 32.0 Å². The van der Waals surface area contributed by atoms with Crippen LogP contribution in [0.3, 0.4) is 0 Å². The van der Waals surface area contributed by atoms with Crippen molar-refractivity contribution in [2.45, 2.75) is 186 Å². The van der Waals surface area contributed by atoms with Crippen LogP contribution in [0.1, 0.15) is 162 Å². The number of esters is 2. The predicted molar refractivity (Wildman–Crippen MR) is 214 cm³/mol. The molecule has 0 saturated carbocycles. The van der Waals surface area contributed by atoms with Crippen LogP contribution in [-0.2, 0) is 37.4 Å². The van der Waals surface area contributed by atoms with Crippen molar-refractivity contribution < 1.29 is 52.5 Å². The monoisotopic (exact) mass is 787 g/mol. The van der Waals surface area contributed by atoms with E-state index in [9.17, 15) is 24.2 Å². The van der Waals surface area contributed by atoms with Gasteiger partial charge in [0, 0.05) is 12.8 Å². The van der Waals surface area contributed by atoms with Crippen LogP contribution in [0.15, 0.2) is 36.5 Å². The van der Waals surface area contributed by atoms with Crippen molar-refractivity contribution in [3.8, 4) is 0 Å². The molecule has 314 valence electrons. The third-order valence-electron chi connectivity index (χ3n) is 9.15. The van der Waals surface area contributed by atoms with Gasteiger partial charge in [0.25, 0.3) is 0 Å². The van der Waals surface area contributed by atoms with Gasteiger partial charge in [0.1, 0.15) is 12.7 Å². The van der Waals surface area contributed by atoms with E-state index in [1.165, 1.54) is 70.6 Å². The highest BCUT2D eigenvalue weighted by Crippen LogP contribution is 2.43. The lowest BCUT2D eigenvalue weighted by Crippen LogP contribution is -2.29. The van der Waals surface area contributed by atoms with E-state index in [-0.39, 0.29) is 19.4 Å². The van der Waals surface area contributed by atoms with Crippen LogP contribution in [-0.4, -0.2) is 77.9 Å². The summed E-state index contributed by atoms with van der Waals surface area (Å²) < 4.78 is 38.3. The van der Waals surface area contributed by atoms with Gasteiger partial charge in [-0.25, -0.2) is 4.57 Å². The Bertz CT molecular complexity index is 1080. The van der Waals surface area contributed by atoms with E-state index >= 15 is 0 Å². The van der Waals surface area contributed by atoms with Crippen LogP contribution in [0.4, 0.5) is 0 Å². The fourth-order valence-electron chi connectivity index (χ4n) is 5.79. The Morgan fingerprint density at radius 3 is 1.96 bits per heavy atom. The number of hydrogen-bond donors (Lipinski definition) is 3. The number of hydrogen-bond acceptors (Lipinski definition) is 10. The Morgan fingerprint density at radius 2 is 1.31 bits per heavy atom. The molecule has 0 amide bonds. The zero-order valence-electron chi connectivity index (χ0n) is 33.8. The van der Waals surface area contributed by atoms with Crippen LogP contribution in [0.2, 0.25) is 0 Å². The van der Waals surface area contributed by atoms with E-state index < -0.39 is 51.8 Å². The van der Waals surface area contributed by atoms with Gasteiger partial charge in [-0.3, -0.25) is 18.6 Å². The summed E-state index contributed by atoms with van der Waals surface area (Å²) in [4.78, 5) is 34.9. The molecule has 0 radical (unpaired) electrons. The van der Waals surface area contributed by atoms with Crippen LogP contribution in [0, 0.1) is 5.92 Å². The number of allylic oxidation sites excluding steroid dienone is 5. The molecule has 3 N–H and O–H groups in total. The third kappa shape index (κ3) is 31.4. The third-order valence-corrected chi connectivity index (χ3v) is 10.1. The number of rotatable bonds is 37. The second kappa shape index (κ2) is 33.3. The normalized spacial score (nSPS) is 18.1. The first-order valence-electron chi connectivity index (χ1n) is 20.9. The van der Waals surface area contributed by atoms with Gasteiger partial charge in [0.2, 0.25) is 0 Å². The summed E-state index contributed by atoms with van der Waals surface area (Å²) in [5.41, 5.74) is 0. The average Bonchev–Trinajstić information content (AvgIpc) is 3.90. The highest BCUT2D eigenvalue weighted by molar-refractivity contribution is 7.47. The van der Waals surface area contributed by atoms with E-state index in [1.54, 1.807) is 0 Å². The van der Waals surface area contributed by atoms with Crippen LogP contribution in [0.25, 0.3) is 0 Å². The molecule has 0 aliphatic carbocycles. The Morgan fingerprint density at radius 1 is 0.722 bits per heavy atom. The van der Waals surface area contributed by atoms with Crippen LogP contribution < -0.4 is 0 Å². The van der Waals surface area contributed by atoms with Gasteiger partial charge in [-0.1, -0.05) is 141 Å². The Balaban J connectivity index is 2.29. The quantitative estimate of drug-likeness (QED) is 0.0181. The fourth-order valence-corrected chi connectivity index (χ4v) is 6.58. The van der Waals surface area contributed by atoms with Gasteiger partial charge >= 0.3 is 19.8 Å². The summed E-state index contributed by atoms with van der Waals surface area (Å²) in [6, 6.07) is 0. The van der Waals surface area contributed by atoms with Gasteiger partial charge in [-0.2, -0.15) is 0 Å². The molecule has 11 nitrogen and oxygen atoms in total. The second-order valence-electron chi connectivity index (χ2n) is 14.9. The van der Waals surface area contributed by atoms with E-state index in [0.29, 0.717) is 31.5 Å². The molecule has 0 spiro atoms. The highest BCUT2D eigenvalue weighted by atomic mass is 31.2. The molecule has 1 rings (SSSR count). The first-order valence-corrected chi connectivity index (χ1v) is 22.4. The lowest BCUT2D eigenvalue weighted by atomic mass is 10.0. The van der Waals surface area contributed by atoms with Gasteiger partial charge in [-0.05, 0) is 50.9 Å². The number of phosphoric acid groups is 1. The molecule has 0 aromatic carbocycles. The van der Waals surface area contributed by atoms with Crippen molar-refractivity contribution in [1.82, 2.24) is 0 Å². The Hall–Kier alpha value is -1.85. The SMILES string of the molecule is CCCCCC1OC1C/C=C\C/C=C\C/C=C\CCCC(=O)OC[C@H](COP(=O)(O)OC[C@@H](O)CO)OC(=O)CCCCCCCCCCCCC(C)C. The molecule has 0 aromatic rings. The van der Waals surface area contributed by atoms with E-state index in [2.05, 4.69) is 55.7 Å². The van der Waals surface area contributed by atoms with Crippen molar-refractivity contribution in [2.24, 2.45) is 5.92 Å². The lowest BCUT2D eigenvalue weighted by Gasteiger charge is -2.20. The minimum Gasteiger partial charge on any atom is -0.462 e. The maximum atomic E-state index is 12.6. The molecular weight excluding hydrogens is 711 g/mol. The van der Waals surface area contributed by atoms with Crippen LogP contribution in [0.5, 0.6) is 0 Å². The highest BCUT2D eigenvalue weighted by Gasteiger charge is 2.36. The number of phosphoric ester groups is 1. The molecule has 1 heterocycles. The molecule has 1 saturated heterocycles. The molecule has 0 aromatic heterocycles. The number of carbonyl (C=O) groups is 2. The summed E-state index contributed by atoms with van der Waals surface area (Å²) in [6.07, 6.45) is 33.0. The molecule has 1 aliphatic heterocycles. The molecule has 3 unspecified atom stereocenters. The molecule has 12 heteroatoms. The number of aliphatic hydroxyl groups is 2. The van der Waals surface area contributed by atoms with Crippen molar-refractivity contribution in [3.05, 3.63) is 36.5 Å². The number of carbonyl (C=O) groups excluding carboxylic acids is 2. The maximum absolute atomic E-state index is 12.6. The number of unbranched alkanes of at least 4 members (excludes halogenated alkanes) is 12. The van der Waals surface area contributed by atoms with Gasteiger partial charge in [-0.15, -0.1) is 0 Å². The maximum Gasteiger partial charge on any atom is 0.472 e. The molecule has 5 atom stereocenters. The van der Waals surface area contributed by atoms with Crippen LogP contribution >= 0.6 is 7.82 Å². The number of epoxide rings is 1. The zero-order chi connectivity index (χ0) is 39.7. The largest absolute Gasteiger partial charge is 0.472 e. The predicted octanol–water partition coefficient (Wildman–Crippen LogP) is 9.62. The molecule has 0 bridgehead atoms. The minimum atomic E-state index is -4.63. The standard InChI is InChI=1S/C42H75O11P/c1-4-5-22-28-39-40(53-39)29-24-19-15-11-7-9-12-16-20-25-30-41(45)49-34-38(35-51-54(47,48)50-33-37(44)32-43)52-42(46)31-26-21-17-13-8-6-10-14-18-23-27-36(2)3/h7,11-12,16,19,24,36-40,43-44H,4-6,8-10,13-15,17-18,20-23,25-35H2,1-3H3,(H,47,48)/b11-7-,16-12-,24-19-/t37-,38+,39?,40?/m0/s1. The summed E-state index contributed by atoms with van der Waals surface area (Å²) in [5.74, 6) is -0.215. The summed E-state index contributed by atoms with van der Waals surface area (Å²) in [7, 11) is -4.63. The Kier molecular flexibility index (Phi) is 30.9. The Labute approximate surface area is 326 Å². The summed E-state index contributed by atoms with van der Waals surface area (Å²) >= 11 is 0. The minimum absolute atomic E-state index is 0.162. The molecule has 1 fully saturated rings. The second-order valence-corrected chi connectivity index (χ2v) is 16.3. The summed E-state index contributed by atoms with van der Waals surface area (Å²) in [5, 5.41) is 18.3. The smallest absolute Gasteiger partial charge is 0.462 e. The van der Waals surface area contributed by atoms with Crippen molar-refractivity contribution >= 4 is 19.8 Å². The van der Waals surface area contributed by atoms with Crippen molar-refractivity contribution in [1.29, 1.82) is 0 Å². The molecular formula is C42H75O11P. The first-order chi connectivity index (χ1) is 26.1. The van der Waals surface area contributed by atoms with Gasteiger partial charge in [0.15, 0.2) is 6.10 Å². The van der Waals surface area contributed by atoms with Crippen molar-refractivity contribution in [2.75, 3.05) is 26.4 Å².